The fourth-order valence-electron chi connectivity index (χ4n) is 0.670. The molecule has 1 unspecified atom stereocenters. The molecule has 0 spiro atoms. The molecule has 0 aliphatic rings. The fourth-order valence-corrected chi connectivity index (χ4v) is 1.11. The Morgan fingerprint density at radius 3 is 2.13 bits per heavy atom. The van der Waals surface area contributed by atoms with E-state index in [0.717, 1.165) is 14.2 Å². The van der Waals surface area contributed by atoms with E-state index in [1.807, 2.05) is 0 Å². The van der Waals surface area contributed by atoms with Gasteiger partial charge in [-0.25, -0.2) is 8.98 Å². The lowest BCUT2D eigenvalue weighted by atomic mass is 10.2. The number of hydrogen-bond acceptors (Lipinski definition) is 7. The van der Waals surface area contributed by atoms with Crippen molar-refractivity contribution in [3.8, 4) is 0 Å². The van der Waals surface area contributed by atoms with Crippen molar-refractivity contribution in [3.05, 3.63) is 0 Å². The van der Waals surface area contributed by atoms with Crippen molar-refractivity contribution >= 4 is 22.3 Å². The lowest BCUT2D eigenvalue weighted by molar-refractivity contribution is -0.155. The Hall–Kier alpha value is -1.19. The molecule has 0 radical (unpaired) electrons. The van der Waals surface area contributed by atoms with E-state index in [-0.39, 0.29) is 0 Å². The molecule has 0 aromatic carbocycles. The molecule has 0 saturated carbocycles. The molecule has 1 atom stereocenters. The number of methoxy groups -OCH3 is 2. The maximum atomic E-state index is 10.9. The van der Waals surface area contributed by atoms with Crippen molar-refractivity contribution in [2.24, 2.45) is 0 Å². The highest BCUT2D eigenvalue weighted by atomic mass is 32.3. The average molecular weight is 242 g/mol. The third-order valence-electron chi connectivity index (χ3n) is 1.28. The summed E-state index contributed by atoms with van der Waals surface area (Å²) in [6, 6.07) is 0. The molecule has 0 saturated heterocycles. The van der Waals surface area contributed by atoms with Crippen LogP contribution in [0.3, 0.4) is 0 Å². The second-order valence-electron chi connectivity index (χ2n) is 2.32. The SMILES string of the molecule is COC(=O)CC(OS(=O)(=O)O)C(=O)OC. The molecule has 0 rings (SSSR count). The minimum absolute atomic E-state index is 0.678. The molecule has 0 aliphatic carbocycles. The molecule has 0 heterocycles. The summed E-state index contributed by atoms with van der Waals surface area (Å²) in [5, 5.41) is 0. The van der Waals surface area contributed by atoms with Gasteiger partial charge in [-0.05, 0) is 0 Å². The second-order valence-corrected chi connectivity index (χ2v) is 3.36. The van der Waals surface area contributed by atoms with Gasteiger partial charge < -0.3 is 9.47 Å². The van der Waals surface area contributed by atoms with E-state index in [1.54, 1.807) is 0 Å². The molecule has 0 aromatic rings. The first-order valence-corrected chi connectivity index (χ1v) is 4.97. The van der Waals surface area contributed by atoms with E-state index in [0.29, 0.717) is 0 Å². The lowest BCUT2D eigenvalue weighted by Crippen LogP contribution is -2.31. The van der Waals surface area contributed by atoms with E-state index in [9.17, 15) is 18.0 Å². The summed E-state index contributed by atoms with van der Waals surface area (Å²) in [4.78, 5) is 21.7. The highest BCUT2D eigenvalue weighted by Crippen LogP contribution is 2.06. The second kappa shape index (κ2) is 5.63. The number of rotatable bonds is 5. The van der Waals surface area contributed by atoms with Gasteiger partial charge in [0.1, 0.15) is 0 Å². The third kappa shape index (κ3) is 5.99. The van der Waals surface area contributed by atoms with Crippen LogP contribution in [-0.4, -0.2) is 45.2 Å². The molecule has 8 nitrogen and oxygen atoms in total. The Bertz CT molecular complexity index is 331. The Balaban J connectivity index is 4.60. The fraction of sp³-hybridized carbons (Fsp3) is 0.667. The van der Waals surface area contributed by atoms with Gasteiger partial charge in [-0.3, -0.25) is 9.35 Å². The normalized spacial score (nSPS) is 13.0. The largest absolute Gasteiger partial charge is 0.469 e. The van der Waals surface area contributed by atoms with Gasteiger partial charge in [0.25, 0.3) is 0 Å². The van der Waals surface area contributed by atoms with Gasteiger partial charge in [0, 0.05) is 0 Å². The van der Waals surface area contributed by atoms with Crippen molar-refractivity contribution in [3.63, 3.8) is 0 Å². The Morgan fingerprint density at radius 2 is 1.80 bits per heavy atom. The number of esters is 2. The zero-order valence-electron chi connectivity index (χ0n) is 8.00. The summed E-state index contributed by atoms with van der Waals surface area (Å²) in [6.45, 7) is 0. The van der Waals surface area contributed by atoms with E-state index >= 15 is 0 Å². The van der Waals surface area contributed by atoms with Gasteiger partial charge in [0.05, 0.1) is 20.6 Å². The van der Waals surface area contributed by atoms with Crippen LogP contribution in [-0.2, 0) is 33.6 Å². The van der Waals surface area contributed by atoms with Crippen LogP contribution in [0.15, 0.2) is 0 Å². The Labute approximate surface area is 86.1 Å². The van der Waals surface area contributed by atoms with Crippen LogP contribution in [0.5, 0.6) is 0 Å². The highest BCUT2D eigenvalue weighted by Gasteiger charge is 2.28. The highest BCUT2D eigenvalue weighted by molar-refractivity contribution is 7.80. The smallest absolute Gasteiger partial charge is 0.398 e. The summed E-state index contributed by atoms with van der Waals surface area (Å²) in [6.07, 6.45) is -2.43. The quantitative estimate of drug-likeness (QED) is 0.477. The molecule has 0 fully saturated rings. The number of ether oxygens (including phenoxy) is 2. The molecule has 0 aliphatic heterocycles. The molecule has 0 bridgehead atoms. The predicted molar refractivity (Wildman–Crippen MR) is 45.1 cm³/mol. The topological polar surface area (TPSA) is 116 Å². The van der Waals surface area contributed by atoms with Gasteiger partial charge in [0.2, 0.25) is 0 Å². The van der Waals surface area contributed by atoms with E-state index in [1.165, 1.54) is 0 Å². The molecule has 9 heteroatoms. The molecule has 1 N–H and O–H groups in total. The third-order valence-corrected chi connectivity index (χ3v) is 1.76. The molecule has 88 valence electrons. The predicted octanol–water partition coefficient (Wildman–Crippen LogP) is -1.09. The monoisotopic (exact) mass is 242 g/mol. The Morgan fingerprint density at radius 1 is 1.27 bits per heavy atom. The van der Waals surface area contributed by atoms with Crippen LogP contribution in [0, 0.1) is 0 Å². The van der Waals surface area contributed by atoms with Gasteiger partial charge >= 0.3 is 22.3 Å². The number of carbonyl (C=O) groups excluding carboxylic acids is 2. The van der Waals surface area contributed by atoms with Gasteiger partial charge in [-0.2, -0.15) is 8.42 Å². The summed E-state index contributed by atoms with van der Waals surface area (Å²) in [5.41, 5.74) is 0. The average Bonchev–Trinajstić information content (AvgIpc) is 2.13. The van der Waals surface area contributed by atoms with Crippen LogP contribution in [0.4, 0.5) is 0 Å². The van der Waals surface area contributed by atoms with Crippen molar-refractivity contribution in [1.82, 2.24) is 0 Å². The van der Waals surface area contributed by atoms with Crippen LogP contribution < -0.4 is 0 Å². The summed E-state index contributed by atoms with van der Waals surface area (Å²) in [5.74, 6) is -1.99. The van der Waals surface area contributed by atoms with Gasteiger partial charge in [0.15, 0.2) is 6.10 Å². The van der Waals surface area contributed by atoms with E-state index in [2.05, 4.69) is 13.7 Å². The maximum Gasteiger partial charge on any atom is 0.398 e. The molecular formula is C6H10O8S. The van der Waals surface area contributed by atoms with Gasteiger partial charge in [-0.15, -0.1) is 0 Å². The molecule has 0 aromatic heterocycles. The minimum atomic E-state index is -4.84. The number of hydrogen-bond donors (Lipinski definition) is 1. The first-order chi connectivity index (χ1) is 6.80. The van der Waals surface area contributed by atoms with Crippen LogP contribution >= 0.6 is 0 Å². The molecular weight excluding hydrogens is 232 g/mol. The van der Waals surface area contributed by atoms with Crippen molar-refractivity contribution in [2.75, 3.05) is 14.2 Å². The first-order valence-electron chi connectivity index (χ1n) is 3.60. The Kier molecular flexibility index (Phi) is 5.19. The number of carbonyl (C=O) groups is 2. The van der Waals surface area contributed by atoms with E-state index in [4.69, 9.17) is 4.55 Å². The summed E-state index contributed by atoms with van der Waals surface area (Å²) in [7, 11) is -2.82. The van der Waals surface area contributed by atoms with Crippen LogP contribution in [0.1, 0.15) is 6.42 Å². The maximum absolute atomic E-state index is 10.9. The van der Waals surface area contributed by atoms with E-state index < -0.39 is 34.9 Å². The lowest BCUT2D eigenvalue weighted by Gasteiger charge is -2.11. The molecule has 0 amide bonds. The van der Waals surface area contributed by atoms with Crippen molar-refractivity contribution in [1.29, 1.82) is 0 Å². The summed E-state index contributed by atoms with van der Waals surface area (Å²) < 4.78 is 41.2. The van der Waals surface area contributed by atoms with Crippen LogP contribution in [0.25, 0.3) is 0 Å². The first kappa shape index (κ1) is 13.8. The zero-order valence-corrected chi connectivity index (χ0v) is 8.81. The molecule has 15 heavy (non-hydrogen) atoms. The van der Waals surface area contributed by atoms with Crippen LogP contribution in [0.2, 0.25) is 0 Å². The van der Waals surface area contributed by atoms with Gasteiger partial charge in [-0.1, -0.05) is 0 Å². The van der Waals surface area contributed by atoms with Crippen molar-refractivity contribution < 1.29 is 36.2 Å². The summed E-state index contributed by atoms with van der Waals surface area (Å²) >= 11 is 0. The zero-order chi connectivity index (χ0) is 12.1. The van der Waals surface area contributed by atoms with Crippen molar-refractivity contribution in [2.45, 2.75) is 12.5 Å². The minimum Gasteiger partial charge on any atom is -0.469 e. The standard InChI is InChI=1S/C6H10O8S/c1-12-5(7)3-4(6(8)13-2)14-15(9,10)11/h4H,3H2,1-2H3,(H,9,10,11).